The normalized spacial score (nSPS) is 20.7. The predicted molar refractivity (Wildman–Crippen MR) is 131 cm³/mol. The van der Waals surface area contributed by atoms with E-state index in [-0.39, 0.29) is 23.3 Å². The van der Waals surface area contributed by atoms with Crippen LogP contribution in [0.15, 0.2) is 53.7 Å². The summed E-state index contributed by atoms with van der Waals surface area (Å²) in [5.41, 5.74) is -5.12. The number of rotatable bonds is 6. The van der Waals surface area contributed by atoms with Crippen LogP contribution >= 0.6 is 11.6 Å². The zero-order chi connectivity index (χ0) is 31.1. The first-order valence-electron chi connectivity index (χ1n) is 12.0. The van der Waals surface area contributed by atoms with Crippen LogP contribution in [0.3, 0.4) is 0 Å². The molecule has 1 aliphatic heterocycles. The molecule has 42 heavy (non-hydrogen) atoms. The number of benzene rings is 2. The van der Waals surface area contributed by atoms with Crippen molar-refractivity contribution in [1.29, 1.82) is 0 Å². The molecule has 2 atom stereocenters. The Morgan fingerprint density at radius 1 is 1.00 bits per heavy atom. The Kier molecular flexibility index (Phi) is 8.28. The van der Waals surface area contributed by atoms with Gasteiger partial charge in [-0.15, -0.1) is 0 Å². The molecule has 0 bridgehead atoms. The largest absolute Gasteiger partial charge is 0.435 e. The lowest BCUT2D eigenvalue weighted by molar-refractivity contribution is -0.276. The van der Waals surface area contributed by atoms with Gasteiger partial charge in [0, 0.05) is 22.6 Å². The first-order chi connectivity index (χ1) is 19.4. The highest BCUT2D eigenvalue weighted by molar-refractivity contribution is 6.30. The van der Waals surface area contributed by atoms with Crippen molar-refractivity contribution in [2.45, 2.75) is 42.9 Å². The van der Waals surface area contributed by atoms with Crippen molar-refractivity contribution in [1.82, 2.24) is 10.6 Å². The van der Waals surface area contributed by atoms with Gasteiger partial charge in [0.25, 0.3) is 5.60 Å². The Balaban J connectivity index is 1.58. The summed E-state index contributed by atoms with van der Waals surface area (Å²) in [6.07, 6.45) is -14.6. The topological polar surface area (TPSA) is 79.8 Å². The van der Waals surface area contributed by atoms with Gasteiger partial charge >= 0.3 is 18.5 Å². The maximum Gasteiger partial charge on any atom is 0.435 e. The van der Waals surface area contributed by atoms with E-state index < -0.39 is 77.5 Å². The maximum atomic E-state index is 14.4. The van der Waals surface area contributed by atoms with Gasteiger partial charge in [-0.3, -0.25) is 9.59 Å². The molecule has 16 heteroatoms. The van der Waals surface area contributed by atoms with E-state index in [0.717, 1.165) is 6.07 Å². The van der Waals surface area contributed by atoms with Gasteiger partial charge in [-0.05, 0) is 35.7 Å². The van der Waals surface area contributed by atoms with Gasteiger partial charge in [-0.1, -0.05) is 47.1 Å². The molecule has 0 saturated heterocycles. The van der Waals surface area contributed by atoms with Gasteiger partial charge in [-0.25, -0.2) is 0 Å². The van der Waals surface area contributed by atoms with Crippen LogP contribution in [0.1, 0.15) is 41.0 Å². The molecule has 0 aromatic heterocycles. The third-order valence-electron chi connectivity index (χ3n) is 6.60. The van der Waals surface area contributed by atoms with Gasteiger partial charge in [-0.2, -0.15) is 39.5 Å². The first-order valence-corrected chi connectivity index (χ1v) is 12.4. The summed E-state index contributed by atoms with van der Waals surface area (Å²) in [4.78, 5) is 29.4. The summed E-state index contributed by atoms with van der Waals surface area (Å²) in [7, 11) is 0. The van der Waals surface area contributed by atoms with E-state index in [0.29, 0.717) is 17.7 Å². The highest BCUT2D eigenvalue weighted by Gasteiger charge is 2.63. The van der Waals surface area contributed by atoms with Crippen LogP contribution in [-0.2, 0) is 26.2 Å². The molecular formula is C26H19ClF9N3O3. The molecule has 2 aromatic rings. The average molecular weight is 628 g/mol. The number of nitrogens with zero attached hydrogens (tertiary/aromatic N) is 1. The number of hydrogen-bond donors (Lipinski definition) is 2. The maximum absolute atomic E-state index is 14.4. The SMILES string of the molecule is O=C(CNC(=O)C1CC=C(C2=NOC(c3cc(Cl)cc(C(F)(F)F)c3)(C(F)(F)F)C2)c2ccccc21)NCC(F)(F)F. The number of halogens is 10. The lowest BCUT2D eigenvalue weighted by Crippen LogP contribution is -2.43. The molecule has 2 unspecified atom stereocenters. The summed E-state index contributed by atoms with van der Waals surface area (Å²) in [6.45, 7) is -2.34. The van der Waals surface area contributed by atoms with Crippen molar-refractivity contribution < 1.29 is 53.9 Å². The Bertz CT molecular complexity index is 1450. The quantitative estimate of drug-likeness (QED) is 0.371. The van der Waals surface area contributed by atoms with Gasteiger partial charge in [0.15, 0.2) is 0 Å². The Hall–Kier alpha value is -3.75. The molecule has 0 saturated carbocycles. The van der Waals surface area contributed by atoms with Crippen LogP contribution < -0.4 is 10.6 Å². The van der Waals surface area contributed by atoms with Crippen molar-refractivity contribution >= 4 is 34.7 Å². The van der Waals surface area contributed by atoms with E-state index in [1.165, 1.54) is 30.3 Å². The highest BCUT2D eigenvalue weighted by atomic mass is 35.5. The molecule has 4 rings (SSSR count). The zero-order valence-corrected chi connectivity index (χ0v) is 21.7. The summed E-state index contributed by atoms with van der Waals surface area (Å²) >= 11 is 5.74. The molecule has 2 amide bonds. The fraction of sp³-hybridized carbons (Fsp3) is 0.346. The molecule has 0 fully saturated rings. The fourth-order valence-corrected chi connectivity index (χ4v) is 4.86. The molecule has 2 N–H and O–H groups in total. The van der Waals surface area contributed by atoms with Crippen molar-refractivity contribution in [3.63, 3.8) is 0 Å². The summed E-state index contributed by atoms with van der Waals surface area (Å²) in [6, 6.07) is 7.54. The lowest BCUT2D eigenvalue weighted by atomic mass is 9.78. The van der Waals surface area contributed by atoms with Gasteiger partial charge in [0.2, 0.25) is 11.8 Å². The lowest BCUT2D eigenvalue weighted by Gasteiger charge is -2.30. The van der Waals surface area contributed by atoms with Crippen LogP contribution in [0.2, 0.25) is 5.02 Å². The average Bonchev–Trinajstić information content (AvgIpc) is 3.36. The van der Waals surface area contributed by atoms with E-state index in [1.807, 2.05) is 0 Å². The molecule has 226 valence electrons. The second-order valence-corrected chi connectivity index (χ2v) is 9.90. The van der Waals surface area contributed by atoms with Gasteiger partial charge < -0.3 is 15.5 Å². The van der Waals surface area contributed by atoms with Crippen molar-refractivity contribution in [3.8, 4) is 0 Å². The summed E-state index contributed by atoms with van der Waals surface area (Å²) < 4.78 is 120. The summed E-state index contributed by atoms with van der Waals surface area (Å²) in [5.74, 6) is -2.78. The van der Waals surface area contributed by atoms with Crippen molar-refractivity contribution in [2.24, 2.45) is 5.16 Å². The molecule has 2 aliphatic rings. The van der Waals surface area contributed by atoms with E-state index in [1.54, 1.807) is 5.32 Å². The Morgan fingerprint density at radius 3 is 2.33 bits per heavy atom. The monoisotopic (exact) mass is 627 g/mol. The van der Waals surface area contributed by atoms with Gasteiger partial charge in [0.1, 0.15) is 6.54 Å². The second-order valence-electron chi connectivity index (χ2n) is 9.46. The second kappa shape index (κ2) is 11.2. The smallest absolute Gasteiger partial charge is 0.374 e. The number of oxime groups is 1. The van der Waals surface area contributed by atoms with Crippen LogP contribution in [-0.4, -0.2) is 43.0 Å². The molecule has 2 aromatic carbocycles. The fourth-order valence-electron chi connectivity index (χ4n) is 4.63. The van der Waals surface area contributed by atoms with Crippen LogP contribution in [0.25, 0.3) is 5.57 Å². The minimum absolute atomic E-state index is 0.101. The minimum Gasteiger partial charge on any atom is -0.374 e. The van der Waals surface area contributed by atoms with E-state index in [4.69, 9.17) is 16.4 Å². The molecule has 0 radical (unpaired) electrons. The van der Waals surface area contributed by atoms with E-state index >= 15 is 0 Å². The number of allylic oxidation sites excluding steroid dienone is 2. The van der Waals surface area contributed by atoms with Crippen molar-refractivity contribution in [2.75, 3.05) is 13.1 Å². The van der Waals surface area contributed by atoms with Crippen molar-refractivity contribution in [3.05, 3.63) is 75.8 Å². The molecule has 1 aliphatic carbocycles. The number of nitrogens with one attached hydrogen (secondary N) is 2. The van der Waals surface area contributed by atoms with Crippen LogP contribution in [0.5, 0.6) is 0 Å². The number of alkyl halides is 9. The molecule has 6 nitrogen and oxygen atoms in total. The number of carbonyl (C=O) groups excluding carboxylic acids is 2. The number of carbonyl (C=O) groups is 2. The minimum atomic E-state index is -5.23. The molecule has 1 heterocycles. The van der Waals surface area contributed by atoms with E-state index in [9.17, 15) is 49.1 Å². The Morgan fingerprint density at radius 2 is 1.69 bits per heavy atom. The molecular weight excluding hydrogens is 609 g/mol. The third kappa shape index (κ3) is 6.50. The standard InChI is InChI=1S/C26H19ClF9N3O3/c27-15-8-13(7-14(9-15)25(31,32)33)23(26(34,35)36)10-20(39-42-23)18-5-6-19(17-4-2-1-3-16(17)18)22(41)37-11-21(40)38-12-24(28,29)30/h1-5,7-9,19H,6,10-12H2,(H,37,41)(H,38,40). The zero-order valence-electron chi connectivity index (χ0n) is 21.0. The number of hydrogen-bond acceptors (Lipinski definition) is 4. The predicted octanol–water partition coefficient (Wildman–Crippen LogP) is 6.26. The third-order valence-corrected chi connectivity index (χ3v) is 6.82. The van der Waals surface area contributed by atoms with Crippen LogP contribution in [0, 0.1) is 0 Å². The Labute approximate surface area is 236 Å². The van der Waals surface area contributed by atoms with E-state index in [2.05, 4.69) is 10.5 Å². The summed E-state index contributed by atoms with van der Waals surface area (Å²) in [5, 5.41) is 6.86. The highest BCUT2D eigenvalue weighted by Crippen LogP contribution is 2.51. The first kappa shape index (κ1) is 31.2. The van der Waals surface area contributed by atoms with Crippen LogP contribution in [0.4, 0.5) is 39.5 Å². The number of amides is 2. The molecule has 0 spiro atoms. The van der Waals surface area contributed by atoms with Gasteiger partial charge in [0.05, 0.1) is 23.7 Å². The number of fused-ring (bicyclic) bond motifs is 1.